The van der Waals surface area contributed by atoms with Crippen LogP contribution in [0.25, 0.3) is 11.1 Å². The fourth-order valence-electron chi connectivity index (χ4n) is 3.11. The average Bonchev–Trinajstić information content (AvgIpc) is 2.55. The van der Waals surface area contributed by atoms with Crippen LogP contribution in [0.1, 0.15) is 22.3 Å². The van der Waals surface area contributed by atoms with E-state index in [1.807, 2.05) is 31.2 Å². The van der Waals surface area contributed by atoms with Gasteiger partial charge < -0.3 is 10.5 Å². The van der Waals surface area contributed by atoms with E-state index in [-0.39, 0.29) is 0 Å². The Morgan fingerprint density at radius 3 is 1.96 bits per heavy atom. The van der Waals surface area contributed by atoms with E-state index < -0.39 is 0 Å². The molecule has 0 aliphatic rings. The van der Waals surface area contributed by atoms with Gasteiger partial charge in [-0.25, -0.2) is 0 Å². The zero-order valence-corrected chi connectivity index (χ0v) is 15.7. The zero-order chi connectivity index (χ0) is 18.1. The number of benzene rings is 3. The molecule has 0 saturated heterocycles. The molecule has 0 fully saturated rings. The van der Waals surface area contributed by atoms with Crippen molar-refractivity contribution >= 4 is 17.3 Å². The number of aryl methyl sites for hydroxylation is 4. The second kappa shape index (κ2) is 6.81. The van der Waals surface area contributed by atoms with Crippen molar-refractivity contribution in [1.82, 2.24) is 0 Å². The van der Waals surface area contributed by atoms with Gasteiger partial charge in [0.1, 0.15) is 11.5 Å². The minimum Gasteiger partial charge on any atom is -0.456 e. The lowest BCUT2D eigenvalue weighted by Crippen LogP contribution is -1.98. The first-order chi connectivity index (χ1) is 11.8. The molecule has 0 aliphatic heterocycles. The van der Waals surface area contributed by atoms with Crippen molar-refractivity contribution in [2.45, 2.75) is 27.7 Å². The number of ether oxygens (including phenoxy) is 1. The summed E-state index contributed by atoms with van der Waals surface area (Å²) in [5.74, 6) is 1.57. The molecule has 3 rings (SSSR count). The van der Waals surface area contributed by atoms with Gasteiger partial charge in [0.2, 0.25) is 0 Å². The highest BCUT2D eigenvalue weighted by atomic mass is 35.5. The minimum absolute atomic E-state index is 0.687. The largest absolute Gasteiger partial charge is 0.456 e. The third-order valence-corrected chi connectivity index (χ3v) is 4.53. The Morgan fingerprint density at radius 1 is 0.760 bits per heavy atom. The first-order valence-electron chi connectivity index (χ1n) is 8.27. The van der Waals surface area contributed by atoms with E-state index in [0.717, 1.165) is 39.4 Å². The smallest absolute Gasteiger partial charge is 0.138 e. The van der Waals surface area contributed by atoms with Crippen LogP contribution in [0.2, 0.25) is 5.02 Å². The molecule has 0 aromatic heterocycles. The molecule has 3 aromatic carbocycles. The van der Waals surface area contributed by atoms with Crippen molar-refractivity contribution in [2.75, 3.05) is 5.73 Å². The summed E-state index contributed by atoms with van der Waals surface area (Å²) < 4.78 is 6.23. The van der Waals surface area contributed by atoms with Gasteiger partial charge in [-0.3, -0.25) is 0 Å². The molecule has 0 saturated carbocycles. The van der Waals surface area contributed by atoms with Gasteiger partial charge in [0.15, 0.2) is 0 Å². The molecule has 3 aromatic rings. The fourth-order valence-corrected chi connectivity index (χ4v) is 3.24. The van der Waals surface area contributed by atoms with Crippen LogP contribution in [0.4, 0.5) is 5.69 Å². The van der Waals surface area contributed by atoms with E-state index in [4.69, 9.17) is 22.1 Å². The Labute approximate surface area is 154 Å². The number of nitrogen functional groups attached to an aromatic ring is 1. The lowest BCUT2D eigenvalue weighted by Gasteiger charge is -2.18. The van der Waals surface area contributed by atoms with Crippen molar-refractivity contribution in [3.63, 3.8) is 0 Å². The molecular formula is C22H22ClNO. The molecule has 2 nitrogen and oxygen atoms in total. The van der Waals surface area contributed by atoms with E-state index in [1.165, 1.54) is 11.1 Å². The van der Waals surface area contributed by atoms with Gasteiger partial charge in [-0.05, 0) is 80.8 Å². The number of anilines is 1. The lowest BCUT2D eigenvalue weighted by atomic mass is 9.94. The summed E-state index contributed by atoms with van der Waals surface area (Å²) in [7, 11) is 0. The second-order valence-corrected chi connectivity index (χ2v) is 6.99. The van der Waals surface area contributed by atoms with E-state index in [9.17, 15) is 0 Å². The highest BCUT2D eigenvalue weighted by Crippen LogP contribution is 2.41. The number of halogens is 1. The summed E-state index contributed by atoms with van der Waals surface area (Å²) in [5.41, 5.74) is 13.7. The van der Waals surface area contributed by atoms with Crippen molar-refractivity contribution in [3.8, 4) is 22.6 Å². The van der Waals surface area contributed by atoms with Crippen LogP contribution in [0.15, 0.2) is 48.5 Å². The molecule has 0 atom stereocenters. The molecule has 0 radical (unpaired) electrons. The van der Waals surface area contributed by atoms with Crippen LogP contribution in [0.5, 0.6) is 11.5 Å². The second-order valence-electron chi connectivity index (χ2n) is 6.56. The quantitative estimate of drug-likeness (QED) is 0.538. The van der Waals surface area contributed by atoms with Crippen molar-refractivity contribution < 1.29 is 4.74 Å². The predicted octanol–water partition coefficient (Wildman–Crippen LogP) is 6.62. The van der Waals surface area contributed by atoms with Gasteiger partial charge in [0, 0.05) is 21.8 Å². The van der Waals surface area contributed by atoms with E-state index in [1.54, 1.807) is 0 Å². The van der Waals surface area contributed by atoms with Gasteiger partial charge in [-0.2, -0.15) is 0 Å². The SMILES string of the molecule is Cc1cc(C)c(N)c(-c2cc(C)cc(C)c2Oc2ccc(Cl)cc2)c1. The molecule has 2 N–H and O–H groups in total. The Morgan fingerprint density at radius 2 is 1.32 bits per heavy atom. The van der Waals surface area contributed by atoms with Crippen LogP contribution in [-0.4, -0.2) is 0 Å². The van der Waals surface area contributed by atoms with Crippen LogP contribution < -0.4 is 10.5 Å². The molecule has 25 heavy (non-hydrogen) atoms. The maximum Gasteiger partial charge on any atom is 0.138 e. The third kappa shape index (κ3) is 3.64. The van der Waals surface area contributed by atoms with E-state index in [2.05, 4.69) is 45.0 Å². The summed E-state index contributed by atoms with van der Waals surface area (Å²) in [6.45, 7) is 8.26. The third-order valence-electron chi connectivity index (χ3n) is 4.27. The summed E-state index contributed by atoms with van der Waals surface area (Å²) in [6, 6.07) is 15.9. The van der Waals surface area contributed by atoms with Gasteiger partial charge in [0.05, 0.1) is 0 Å². The first kappa shape index (κ1) is 17.4. The molecule has 0 bridgehead atoms. The fraction of sp³-hybridized carbons (Fsp3) is 0.182. The molecular weight excluding hydrogens is 330 g/mol. The molecule has 128 valence electrons. The normalized spacial score (nSPS) is 10.8. The number of nitrogens with two attached hydrogens (primary N) is 1. The van der Waals surface area contributed by atoms with E-state index >= 15 is 0 Å². The average molecular weight is 352 g/mol. The minimum atomic E-state index is 0.687. The summed E-state index contributed by atoms with van der Waals surface area (Å²) in [4.78, 5) is 0. The standard InChI is InChI=1S/C22H22ClNO/c1-13-9-15(3)21(24)19(11-13)20-12-14(2)10-16(4)22(20)25-18-7-5-17(23)6-8-18/h5-12H,24H2,1-4H3. The molecule has 0 aliphatic carbocycles. The topological polar surface area (TPSA) is 35.2 Å². The summed E-state index contributed by atoms with van der Waals surface area (Å²) in [5, 5.41) is 0.687. The molecule has 0 unspecified atom stereocenters. The molecule has 0 heterocycles. The highest BCUT2D eigenvalue weighted by molar-refractivity contribution is 6.30. The monoisotopic (exact) mass is 351 g/mol. The zero-order valence-electron chi connectivity index (χ0n) is 15.0. The number of hydrogen-bond acceptors (Lipinski definition) is 2. The van der Waals surface area contributed by atoms with Gasteiger partial charge in [-0.15, -0.1) is 0 Å². The molecule has 3 heteroatoms. The first-order valence-corrected chi connectivity index (χ1v) is 8.64. The molecule has 0 spiro atoms. The van der Waals surface area contributed by atoms with Crippen LogP contribution in [0.3, 0.4) is 0 Å². The lowest BCUT2D eigenvalue weighted by molar-refractivity contribution is 0.480. The van der Waals surface area contributed by atoms with Crippen molar-refractivity contribution in [2.24, 2.45) is 0 Å². The van der Waals surface area contributed by atoms with Gasteiger partial charge in [-0.1, -0.05) is 29.3 Å². The summed E-state index contributed by atoms with van der Waals surface area (Å²) >= 11 is 5.98. The van der Waals surface area contributed by atoms with E-state index in [0.29, 0.717) is 5.02 Å². The van der Waals surface area contributed by atoms with Crippen molar-refractivity contribution in [1.29, 1.82) is 0 Å². The maximum absolute atomic E-state index is 6.39. The van der Waals surface area contributed by atoms with Gasteiger partial charge >= 0.3 is 0 Å². The Bertz CT molecular complexity index is 930. The predicted molar refractivity (Wildman–Crippen MR) is 107 cm³/mol. The van der Waals surface area contributed by atoms with Crippen molar-refractivity contribution in [3.05, 3.63) is 75.8 Å². The highest BCUT2D eigenvalue weighted by Gasteiger charge is 2.15. The number of hydrogen-bond donors (Lipinski definition) is 1. The summed E-state index contributed by atoms with van der Waals surface area (Å²) in [6.07, 6.45) is 0. The van der Waals surface area contributed by atoms with Crippen LogP contribution in [-0.2, 0) is 0 Å². The van der Waals surface area contributed by atoms with Crippen LogP contribution >= 0.6 is 11.6 Å². The molecule has 0 amide bonds. The van der Waals surface area contributed by atoms with Gasteiger partial charge in [0.25, 0.3) is 0 Å². The Kier molecular flexibility index (Phi) is 4.73. The van der Waals surface area contributed by atoms with Crippen LogP contribution in [0, 0.1) is 27.7 Å². The maximum atomic E-state index is 6.39. The number of rotatable bonds is 3. The Hall–Kier alpha value is -2.45. The Balaban J connectivity index is 2.18.